The maximum Gasteiger partial charge on any atom is 0.330 e. The van der Waals surface area contributed by atoms with Gasteiger partial charge in [-0.2, -0.15) is 0 Å². The molecule has 3 N–H and O–H groups in total. The van der Waals surface area contributed by atoms with Gasteiger partial charge >= 0.3 is 5.97 Å². The summed E-state index contributed by atoms with van der Waals surface area (Å²) >= 11 is 6.17. The number of rotatable bonds is 9. The second-order valence-corrected chi connectivity index (χ2v) is 9.09. The number of hydrogen-bond donors (Lipinski definition) is 3. The van der Waals surface area contributed by atoms with Gasteiger partial charge in [0.05, 0.1) is 35.7 Å². The number of ether oxygens (including phenoxy) is 3. The molecule has 2 rings (SSSR count). The Bertz CT molecular complexity index is 660. The molecule has 1 saturated heterocycles. The number of carbonyl (C=O) groups excluding carboxylic acids is 1. The fraction of sp³-hybridized carbons (Fsp3) is 0.773. The van der Waals surface area contributed by atoms with Crippen LogP contribution in [0.25, 0.3) is 0 Å². The van der Waals surface area contributed by atoms with Gasteiger partial charge in [0, 0.05) is 13.2 Å². The first-order valence-corrected chi connectivity index (χ1v) is 10.9. The normalized spacial score (nSPS) is 38.2. The number of halogens is 1. The Morgan fingerprint density at radius 2 is 2.03 bits per heavy atom. The molecule has 1 aliphatic carbocycles. The van der Waals surface area contributed by atoms with E-state index in [-0.39, 0.29) is 12.0 Å². The molecule has 0 bridgehead atoms. The van der Waals surface area contributed by atoms with Gasteiger partial charge in [0.25, 0.3) is 0 Å². The molecule has 172 valence electrons. The minimum absolute atomic E-state index is 0.0208. The summed E-state index contributed by atoms with van der Waals surface area (Å²) in [5, 5.41) is 30.2. The van der Waals surface area contributed by atoms with Crippen LogP contribution in [0.5, 0.6) is 0 Å². The van der Waals surface area contributed by atoms with Gasteiger partial charge in [-0.3, -0.25) is 0 Å². The molecule has 0 amide bonds. The van der Waals surface area contributed by atoms with Crippen LogP contribution >= 0.6 is 11.6 Å². The molecular weight excluding hydrogens is 412 g/mol. The van der Waals surface area contributed by atoms with Gasteiger partial charge < -0.3 is 29.5 Å². The molecule has 2 fully saturated rings. The van der Waals surface area contributed by atoms with Gasteiger partial charge in [0.15, 0.2) is 0 Å². The van der Waals surface area contributed by atoms with Crippen LogP contribution in [0.15, 0.2) is 23.8 Å². The highest BCUT2D eigenvalue weighted by Crippen LogP contribution is 2.54. The fourth-order valence-electron chi connectivity index (χ4n) is 4.35. The molecule has 0 unspecified atom stereocenters. The third-order valence-electron chi connectivity index (χ3n) is 6.17. The molecule has 2 aliphatic rings. The minimum atomic E-state index is -1.21. The minimum Gasteiger partial charge on any atom is -0.456 e. The van der Waals surface area contributed by atoms with Crippen LogP contribution in [0.1, 0.15) is 47.0 Å². The summed E-state index contributed by atoms with van der Waals surface area (Å²) in [5.41, 5.74) is -0.678. The molecule has 7 nitrogen and oxygen atoms in total. The number of esters is 1. The number of hydrogen-bond acceptors (Lipinski definition) is 7. The molecule has 0 aromatic heterocycles. The molecule has 8 heteroatoms. The summed E-state index contributed by atoms with van der Waals surface area (Å²) < 4.78 is 17.3. The number of aliphatic hydroxyl groups excluding tert-OH is 2. The topological polar surface area (TPSA) is 109 Å². The number of alkyl halides is 1. The van der Waals surface area contributed by atoms with Crippen LogP contribution in [-0.4, -0.2) is 76.0 Å². The Morgan fingerprint density at radius 3 is 2.57 bits per heavy atom. The molecule has 30 heavy (non-hydrogen) atoms. The summed E-state index contributed by atoms with van der Waals surface area (Å²) in [5.74, 6) is -1.12. The van der Waals surface area contributed by atoms with Crippen molar-refractivity contribution in [3.63, 3.8) is 0 Å². The van der Waals surface area contributed by atoms with Gasteiger partial charge in [0.1, 0.15) is 17.8 Å². The monoisotopic (exact) mass is 446 g/mol. The number of carbonyl (C=O) groups is 1. The van der Waals surface area contributed by atoms with Gasteiger partial charge in [0.2, 0.25) is 0 Å². The number of allylic oxidation sites excluding steroid dienone is 1. The summed E-state index contributed by atoms with van der Waals surface area (Å²) in [6.07, 6.45) is 2.36. The summed E-state index contributed by atoms with van der Waals surface area (Å²) in [6, 6.07) is 0. The van der Waals surface area contributed by atoms with Crippen LogP contribution in [-0.2, 0) is 19.0 Å². The number of aliphatic hydroxyl groups is 3. The first kappa shape index (κ1) is 25.3. The van der Waals surface area contributed by atoms with Crippen molar-refractivity contribution in [2.75, 3.05) is 13.0 Å². The highest BCUT2D eigenvalue weighted by molar-refractivity contribution is 6.18. The second-order valence-electron chi connectivity index (χ2n) is 8.83. The molecule has 0 aromatic carbocycles. The van der Waals surface area contributed by atoms with E-state index in [1.165, 1.54) is 25.7 Å². The van der Waals surface area contributed by atoms with Crippen LogP contribution < -0.4 is 0 Å². The van der Waals surface area contributed by atoms with E-state index in [0.717, 1.165) is 6.08 Å². The van der Waals surface area contributed by atoms with Crippen molar-refractivity contribution in [2.24, 2.45) is 5.92 Å². The summed E-state index contributed by atoms with van der Waals surface area (Å²) in [6.45, 7) is 7.39. The molecule has 1 heterocycles. The third kappa shape index (κ3) is 5.64. The Kier molecular flexibility index (Phi) is 8.52. The predicted octanol–water partition coefficient (Wildman–Crippen LogP) is 2.10. The van der Waals surface area contributed by atoms with Crippen LogP contribution in [0, 0.1) is 5.92 Å². The molecule has 1 aliphatic heterocycles. The predicted molar refractivity (Wildman–Crippen MR) is 113 cm³/mol. The van der Waals surface area contributed by atoms with Crippen molar-refractivity contribution in [3.8, 4) is 0 Å². The number of methoxy groups -OCH3 is 1. The molecule has 0 radical (unpaired) electrons. The van der Waals surface area contributed by atoms with Crippen molar-refractivity contribution in [3.05, 3.63) is 23.8 Å². The zero-order valence-electron chi connectivity index (χ0n) is 18.4. The SMILES string of the molecule is CO[C@H]1[C@@H](OC(=O)/C=C/[C@@H](O)[C@H](C)O)CC[C@@](O)(CCl)[C@@H]1[C@]1(C)O[C@H]1CC=C(C)C. The second kappa shape index (κ2) is 10.1. The van der Waals surface area contributed by atoms with E-state index >= 15 is 0 Å². The Balaban J connectivity index is 2.18. The van der Waals surface area contributed by atoms with Gasteiger partial charge in [-0.05, 0) is 53.0 Å². The Labute approximate surface area is 183 Å². The lowest BCUT2D eigenvalue weighted by Crippen LogP contribution is -2.61. The van der Waals surface area contributed by atoms with Crippen molar-refractivity contribution in [1.29, 1.82) is 0 Å². The average Bonchev–Trinajstić information content (AvgIpc) is 3.35. The van der Waals surface area contributed by atoms with Crippen molar-refractivity contribution >= 4 is 17.6 Å². The third-order valence-corrected chi connectivity index (χ3v) is 6.63. The Morgan fingerprint density at radius 1 is 1.37 bits per heavy atom. The van der Waals surface area contributed by atoms with Crippen LogP contribution in [0.2, 0.25) is 0 Å². The molecule has 1 saturated carbocycles. The van der Waals surface area contributed by atoms with E-state index in [1.807, 2.05) is 20.8 Å². The lowest BCUT2D eigenvalue weighted by atomic mass is 9.66. The highest BCUT2D eigenvalue weighted by atomic mass is 35.5. The molecular formula is C22H35ClO7. The van der Waals surface area contributed by atoms with Gasteiger partial charge in [-0.1, -0.05) is 11.6 Å². The van der Waals surface area contributed by atoms with E-state index in [9.17, 15) is 20.1 Å². The van der Waals surface area contributed by atoms with Crippen molar-refractivity contribution in [2.45, 2.75) is 88.7 Å². The maximum absolute atomic E-state index is 12.3. The number of epoxide rings is 1. The molecule has 0 aromatic rings. The van der Waals surface area contributed by atoms with Crippen LogP contribution in [0.4, 0.5) is 0 Å². The van der Waals surface area contributed by atoms with E-state index < -0.39 is 47.5 Å². The lowest BCUT2D eigenvalue weighted by molar-refractivity contribution is -0.189. The highest BCUT2D eigenvalue weighted by Gasteiger charge is 2.67. The van der Waals surface area contributed by atoms with Crippen LogP contribution in [0.3, 0.4) is 0 Å². The zero-order chi connectivity index (χ0) is 22.7. The van der Waals surface area contributed by atoms with E-state index in [4.69, 9.17) is 25.8 Å². The van der Waals surface area contributed by atoms with E-state index in [0.29, 0.717) is 19.3 Å². The maximum atomic E-state index is 12.3. The first-order chi connectivity index (χ1) is 14.0. The quantitative estimate of drug-likeness (QED) is 0.163. The largest absolute Gasteiger partial charge is 0.456 e. The molecule has 8 atom stereocenters. The fourth-order valence-corrected chi connectivity index (χ4v) is 4.65. The smallest absolute Gasteiger partial charge is 0.330 e. The van der Waals surface area contributed by atoms with Crippen molar-refractivity contribution < 1.29 is 34.3 Å². The first-order valence-electron chi connectivity index (χ1n) is 10.4. The standard InChI is InChI=1S/C22H35ClO7/c1-13(2)6-8-17-21(4,30-17)20-19(28-5)16(10-11-22(20,27)12-23)29-18(26)9-7-15(25)14(3)24/h6-7,9,14-17,19-20,24-25,27H,8,10-12H2,1-5H3/b9-7+/t14-,15+,16-,17-,19-,20-,21+,22+/m0/s1. The Hall–Kier alpha value is -0.960. The zero-order valence-corrected chi connectivity index (χ0v) is 19.1. The lowest BCUT2D eigenvalue weighted by Gasteiger charge is -2.48. The van der Waals surface area contributed by atoms with Gasteiger partial charge in [-0.25, -0.2) is 4.79 Å². The van der Waals surface area contributed by atoms with Crippen molar-refractivity contribution in [1.82, 2.24) is 0 Å². The molecule has 0 spiro atoms. The summed E-state index contributed by atoms with van der Waals surface area (Å²) in [4.78, 5) is 12.3. The van der Waals surface area contributed by atoms with E-state index in [2.05, 4.69) is 6.08 Å². The van der Waals surface area contributed by atoms with E-state index in [1.54, 1.807) is 0 Å². The van der Waals surface area contributed by atoms with Gasteiger partial charge in [-0.15, -0.1) is 11.6 Å². The summed E-state index contributed by atoms with van der Waals surface area (Å²) in [7, 11) is 1.52. The average molecular weight is 447 g/mol.